The van der Waals surface area contributed by atoms with Gasteiger partial charge in [0.15, 0.2) is 12.4 Å². The molecule has 0 spiro atoms. The number of rotatable bonds is 8. The van der Waals surface area contributed by atoms with Gasteiger partial charge in [0, 0.05) is 51.0 Å². The predicted molar refractivity (Wildman–Crippen MR) is 117 cm³/mol. The average molecular weight is 427 g/mol. The Morgan fingerprint density at radius 3 is 2.39 bits per heavy atom. The normalized spacial score (nSPS) is 17.6. The van der Waals surface area contributed by atoms with Crippen LogP contribution in [0.5, 0.6) is 5.75 Å². The first-order valence-electron chi connectivity index (χ1n) is 11.0. The molecule has 8 heteroatoms. The van der Waals surface area contributed by atoms with E-state index in [2.05, 4.69) is 15.1 Å². The number of ether oxygens (including phenoxy) is 1. The van der Waals surface area contributed by atoms with E-state index in [1.165, 1.54) is 32.2 Å². The molecular weight excluding hydrogens is 396 g/mol. The number of hydrogen-bond acceptors (Lipinski definition) is 6. The van der Waals surface area contributed by atoms with Crippen LogP contribution in [0.3, 0.4) is 0 Å². The van der Waals surface area contributed by atoms with E-state index in [4.69, 9.17) is 9.15 Å². The fourth-order valence-electron chi connectivity index (χ4n) is 4.01. The van der Waals surface area contributed by atoms with E-state index < -0.39 is 0 Å². The number of nitrogens with zero attached hydrogens (tertiary/aromatic N) is 3. The van der Waals surface area contributed by atoms with Gasteiger partial charge < -0.3 is 24.3 Å². The van der Waals surface area contributed by atoms with Crippen LogP contribution in [0.25, 0.3) is 0 Å². The molecule has 3 heterocycles. The van der Waals surface area contributed by atoms with Gasteiger partial charge in [-0.1, -0.05) is 6.07 Å². The summed E-state index contributed by atoms with van der Waals surface area (Å²) >= 11 is 0. The molecule has 2 saturated heterocycles. The minimum atomic E-state index is -0.333. The molecule has 0 radical (unpaired) electrons. The summed E-state index contributed by atoms with van der Waals surface area (Å²) in [5.41, 5.74) is 0.581. The summed E-state index contributed by atoms with van der Waals surface area (Å²) < 4.78 is 10.8. The van der Waals surface area contributed by atoms with E-state index in [0.29, 0.717) is 11.4 Å². The van der Waals surface area contributed by atoms with Crippen molar-refractivity contribution in [3.8, 4) is 5.75 Å². The van der Waals surface area contributed by atoms with Crippen molar-refractivity contribution >= 4 is 17.5 Å². The summed E-state index contributed by atoms with van der Waals surface area (Å²) in [5, 5.41) is 2.76. The Labute approximate surface area is 182 Å². The van der Waals surface area contributed by atoms with Gasteiger partial charge in [-0.2, -0.15) is 0 Å². The van der Waals surface area contributed by atoms with E-state index in [0.717, 1.165) is 39.3 Å². The third-order valence-corrected chi connectivity index (χ3v) is 5.86. The van der Waals surface area contributed by atoms with Crippen LogP contribution in [0.2, 0.25) is 0 Å². The van der Waals surface area contributed by atoms with Crippen molar-refractivity contribution in [3.63, 3.8) is 0 Å². The van der Waals surface area contributed by atoms with Crippen LogP contribution < -0.4 is 10.1 Å². The number of furan rings is 1. The van der Waals surface area contributed by atoms with E-state index in [1.807, 2.05) is 4.90 Å². The molecule has 0 bridgehead atoms. The zero-order valence-electron chi connectivity index (χ0n) is 17.8. The topological polar surface area (TPSA) is 78.3 Å². The lowest BCUT2D eigenvalue weighted by Crippen LogP contribution is -2.51. The Morgan fingerprint density at radius 1 is 0.935 bits per heavy atom. The number of nitrogens with one attached hydrogen (secondary N) is 1. The highest BCUT2D eigenvalue weighted by molar-refractivity contribution is 6.02. The largest absolute Gasteiger partial charge is 0.484 e. The highest BCUT2D eigenvalue weighted by atomic mass is 16.5. The van der Waals surface area contributed by atoms with Gasteiger partial charge >= 0.3 is 0 Å². The summed E-state index contributed by atoms with van der Waals surface area (Å²) in [6, 6.07) is 10.3. The third kappa shape index (κ3) is 6.08. The lowest BCUT2D eigenvalue weighted by molar-refractivity contribution is -0.135. The van der Waals surface area contributed by atoms with Crippen LogP contribution in [0.15, 0.2) is 47.1 Å². The number of carbonyl (C=O) groups is 2. The molecule has 166 valence electrons. The molecule has 1 N–H and O–H groups in total. The maximum Gasteiger partial charge on any atom is 0.291 e. The molecule has 2 fully saturated rings. The van der Waals surface area contributed by atoms with Gasteiger partial charge in [-0.15, -0.1) is 0 Å². The molecule has 8 nitrogen and oxygen atoms in total. The summed E-state index contributed by atoms with van der Waals surface area (Å²) in [4.78, 5) is 31.5. The van der Waals surface area contributed by atoms with Gasteiger partial charge in [-0.25, -0.2) is 0 Å². The van der Waals surface area contributed by atoms with Crippen LogP contribution in [0.4, 0.5) is 5.69 Å². The fourth-order valence-corrected chi connectivity index (χ4v) is 4.01. The van der Waals surface area contributed by atoms with E-state index in [-0.39, 0.29) is 24.2 Å². The number of likely N-dealkylation sites (tertiary alicyclic amines) is 1. The molecule has 2 amide bonds. The lowest BCUT2D eigenvalue weighted by Gasteiger charge is -2.35. The molecule has 2 aliphatic heterocycles. The van der Waals surface area contributed by atoms with Crippen LogP contribution in [0, 0.1) is 0 Å². The highest BCUT2D eigenvalue weighted by Crippen LogP contribution is 2.18. The minimum Gasteiger partial charge on any atom is -0.484 e. The number of benzene rings is 1. The smallest absolute Gasteiger partial charge is 0.291 e. The van der Waals surface area contributed by atoms with Gasteiger partial charge in [0.05, 0.1) is 6.26 Å². The maximum absolute atomic E-state index is 12.6. The zero-order chi connectivity index (χ0) is 21.5. The first kappa shape index (κ1) is 21.4. The molecule has 0 saturated carbocycles. The molecule has 0 unspecified atom stereocenters. The molecule has 2 aromatic rings. The van der Waals surface area contributed by atoms with E-state index in [1.54, 1.807) is 36.4 Å². The molecule has 0 atom stereocenters. The standard InChI is InChI=1S/C23H30N4O4/c28-22(27-14-12-26(13-15-27)11-10-25-8-1-2-9-25)18-31-20-6-3-5-19(17-20)24-23(29)21-7-4-16-30-21/h3-7,16-17H,1-2,8-15,18H2,(H,24,29). The van der Waals surface area contributed by atoms with Gasteiger partial charge in [0.1, 0.15) is 5.75 Å². The van der Waals surface area contributed by atoms with Crippen molar-refractivity contribution in [1.82, 2.24) is 14.7 Å². The number of amides is 2. The lowest BCUT2D eigenvalue weighted by atomic mass is 10.3. The average Bonchev–Trinajstić information content (AvgIpc) is 3.51. The number of piperazine rings is 1. The van der Waals surface area contributed by atoms with Gasteiger partial charge in [-0.3, -0.25) is 14.5 Å². The quantitative estimate of drug-likeness (QED) is 0.697. The van der Waals surface area contributed by atoms with Crippen molar-refractivity contribution < 1.29 is 18.7 Å². The highest BCUT2D eigenvalue weighted by Gasteiger charge is 2.22. The number of carbonyl (C=O) groups excluding carboxylic acids is 2. The zero-order valence-corrected chi connectivity index (χ0v) is 17.8. The van der Waals surface area contributed by atoms with Crippen molar-refractivity contribution in [1.29, 1.82) is 0 Å². The molecule has 0 aliphatic carbocycles. The summed E-state index contributed by atoms with van der Waals surface area (Å²) in [6.45, 7) is 7.94. The summed E-state index contributed by atoms with van der Waals surface area (Å²) in [7, 11) is 0. The molecule has 2 aliphatic rings. The van der Waals surface area contributed by atoms with Crippen LogP contribution in [-0.4, -0.2) is 85.5 Å². The van der Waals surface area contributed by atoms with Crippen molar-refractivity contribution in [2.24, 2.45) is 0 Å². The fraction of sp³-hybridized carbons (Fsp3) is 0.478. The Kier molecular flexibility index (Phi) is 7.22. The SMILES string of the molecule is O=C(Nc1cccc(OCC(=O)N2CCN(CCN3CCCC3)CC2)c1)c1ccco1. The van der Waals surface area contributed by atoms with Gasteiger partial charge in [0.2, 0.25) is 0 Å². The number of hydrogen-bond donors (Lipinski definition) is 1. The second-order valence-corrected chi connectivity index (χ2v) is 8.02. The Morgan fingerprint density at radius 2 is 1.68 bits per heavy atom. The molecule has 1 aromatic heterocycles. The Hall–Kier alpha value is -2.84. The second-order valence-electron chi connectivity index (χ2n) is 8.02. The Balaban J connectivity index is 1.19. The van der Waals surface area contributed by atoms with Crippen molar-refractivity contribution in [2.75, 3.05) is 64.3 Å². The van der Waals surface area contributed by atoms with Crippen LogP contribution in [0.1, 0.15) is 23.4 Å². The maximum atomic E-state index is 12.6. The molecule has 31 heavy (non-hydrogen) atoms. The van der Waals surface area contributed by atoms with E-state index in [9.17, 15) is 9.59 Å². The predicted octanol–water partition coefficient (Wildman–Crippen LogP) is 2.15. The first-order valence-corrected chi connectivity index (χ1v) is 11.0. The van der Waals surface area contributed by atoms with Crippen LogP contribution >= 0.6 is 0 Å². The summed E-state index contributed by atoms with van der Waals surface area (Å²) in [6.07, 6.45) is 4.09. The van der Waals surface area contributed by atoms with Crippen molar-refractivity contribution in [3.05, 3.63) is 48.4 Å². The van der Waals surface area contributed by atoms with Crippen molar-refractivity contribution in [2.45, 2.75) is 12.8 Å². The second kappa shape index (κ2) is 10.5. The van der Waals surface area contributed by atoms with Gasteiger partial charge in [-0.05, 0) is 50.2 Å². The summed E-state index contributed by atoms with van der Waals surface area (Å²) in [5.74, 6) is 0.431. The van der Waals surface area contributed by atoms with Crippen LogP contribution in [-0.2, 0) is 4.79 Å². The molecule has 1 aromatic carbocycles. The van der Waals surface area contributed by atoms with Gasteiger partial charge in [0.25, 0.3) is 11.8 Å². The molecular formula is C23H30N4O4. The minimum absolute atomic E-state index is 0.00998. The third-order valence-electron chi connectivity index (χ3n) is 5.86. The Bertz CT molecular complexity index is 856. The molecule has 4 rings (SSSR count). The van der Waals surface area contributed by atoms with E-state index >= 15 is 0 Å². The first-order chi connectivity index (χ1) is 15.2. The number of anilines is 1. The monoisotopic (exact) mass is 426 g/mol.